The van der Waals surface area contributed by atoms with E-state index in [1.54, 1.807) is 17.5 Å². The van der Waals surface area contributed by atoms with E-state index in [0.29, 0.717) is 0 Å². The zero-order valence-electron chi connectivity index (χ0n) is 7.64. The summed E-state index contributed by atoms with van der Waals surface area (Å²) in [6, 6.07) is 1.85. The molecule has 0 aliphatic carbocycles. The Morgan fingerprint density at radius 3 is 2.93 bits per heavy atom. The number of hydrogen-bond acceptors (Lipinski definition) is 3. The highest BCUT2D eigenvalue weighted by molar-refractivity contribution is 9.10. The highest BCUT2D eigenvalue weighted by atomic mass is 79.9. The molecule has 2 aromatic rings. The van der Waals surface area contributed by atoms with Crippen LogP contribution in [0.3, 0.4) is 0 Å². The van der Waals surface area contributed by atoms with Crippen LogP contribution in [0.2, 0.25) is 0 Å². The van der Waals surface area contributed by atoms with Crippen LogP contribution < -0.4 is 5.73 Å². The standard InChI is InChI=1S/C9H10BrN3S/c1-13-4-3-12-9(13)7(11)8-6(10)2-5-14-8/h2-5,7H,11H2,1H3. The van der Waals surface area contributed by atoms with Crippen LogP contribution in [0.5, 0.6) is 0 Å². The van der Waals surface area contributed by atoms with Gasteiger partial charge in [0.1, 0.15) is 5.82 Å². The van der Waals surface area contributed by atoms with Gasteiger partial charge in [0.05, 0.1) is 6.04 Å². The normalized spacial score (nSPS) is 13.1. The lowest BCUT2D eigenvalue weighted by Gasteiger charge is -2.10. The molecule has 1 unspecified atom stereocenters. The number of hydrogen-bond donors (Lipinski definition) is 1. The molecule has 0 radical (unpaired) electrons. The number of imidazole rings is 1. The molecule has 0 saturated heterocycles. The third-order valence-electron chi connectivity index (χ3n) is 2.06. The number of nitrogens with zero attached hydrogens (tertiary/aromatic N) is 2. The van der Waals surface area contributed by atoms with Gasteiger partial charge in [-0.05, 0) is 27.4 Å². The fraction of sp³-hybridized carbons (Fsp3) is 0.222. The monoisotopic (exact) mass is 271 g/mol. The molecule has 0 aromatic carbocycles. The van der Waals surface area contributed by atoms with E-state index in [1.807, 2.05) is 29.3 Å². The molecule has 1 atom stereocenters. The van der Waals surface area contributed by atoms with Crippen LogP contribution in [0, 0.1) is 0 Å². The molecule has 0 fully saturated rings. The topological polar surface area (TPSA) is 43.8 Å². The summed E-state index contributed by atoms with van der Waals surface area (Å²) in [4.78, 5) is 5.35. The van der Waals surface area contributed by atoms with E-state index in [4.69, 9.17) is 5.73 Å². The highest BCUT2D eigenvalue weighted by Crippen LogP contribution is 2.30. The molecule has 0 aliphatic heterocycles. The summed E-state index contributed by atoms with van der Waals surface area (Å²) in [5.74, 6) is 0.883. The van der Waals surface area contributed by atoms with Crippen molar-refractivity contribution in [1.82, 2.24) is 9.55 Å². The van der Waals surface area contributed by atoms with E-state index in [9.17, 15) is 0 Å². The van der Waals surface area contributed by atoms with Crippen LogP contribution in [-0.4, -0.2) is 9.55 Å². The zero-order chi connectivity index (χ0) is 10.1. The number of rotatable bonds is 2. The van der Waals surface area contributed by atoms with Crippen molar-refractivity contribution in [3.05, 3.63) is 39.0 Å². The van der Waals surface area contributed by atoms with Crippen molar-refractivity contribution in [1.29, 1.82) is 0 Å². The number of aryl methyl sites for hydroxylation is 1. The van der Waals surface area contributed by atoms with Crippen LogP contribution in [-0.2, 0) is 7.05 Å². The summed E-state index contributed by atoms with van der Waals surface area (Å²) in [5.41, 5.74) is 6.10. The average Bonchev–Trinajstić information content (AvgIpc) is 2.73. The van der Waals surface area contributed by atoms with E-state index in [-0.39, 0.29) is 6.04 Å². The van der Waals surface area contributed by atoms with Crippen molar-refractivity contribution in [2.75, 3.05) is 0 Å². The Labute approximate surface area is 94.7 Å². The van der Waals surface area contributed by atoms with Crippen LogP contribution in [0.1, 0.15) is 16.7 Å². The van der Waals surface area contributed by atoms with E-state index in [1.165, 1.54) is 0 Å². The van der Waals surface area contributed by atoms with Gasteiger partial charge in [-0.1, -0.05) is 0 Å². The van der Waals surface area contributed by atoms with Gasteiger partial charge in [-0.2, -0.15) is 0 Å². The second kappa shape index (κ2) is 3.84. The van der Waals surface area contributed by atoms with Crippen molar-refractivity contribution < 1.29 is 0 Å². The molecule has 74 valence electrons. The minimum Gasteiger partial charge on any atom is -0.336 e. The molecule has 2 aromatic heterocycles. The molecule has 0 spiro atoms. The molecule has 5 heteroatoms. The van der Waals surface area contributed by atoms with Crippen LogP contribution in [0.4, 0.5) is 0 Å². The maximum Gasteiger partial charge on any atom is 0.130 e. The van der Waals surface area contributed by atoms with Crippen molar-refractivity contribution in [2.45, 2.75) is 6.04 Å². The number of thiophene rings is 1. The minimum absolute atomic E-state index is 0.149. The first-order chi connectivity index (χ1) is 6.70. The second-order valence-corrected chi connectivity index (χ2v) is 4.81. The maximum absolute atomic E-state index is 6.10. The molecule has 2 rings (SSSR count). The van der Waals surface area contributed by atoms with E-state index in [2.05, 4.69) is 20.9 Å². The molecule has 14 heavy (non-hydrogen) atoms. The van der Waals surface area contributed by atoms with E-state index in [0.717, 1.165) is 15.2 Å². The van der Waals surface area contributed by atoms with Crippen molar-refractivity contribution in [3.63, 3.8) is 0 Å². The fourth-order valence-corrected chi connectivity index (χ4v) is 2.94. The van der Waals surface area contributed by atoms with Gasteiger partial charge >= 0.3 is 0 Å². The molecule has 0 bridgehead atoms. The lowest BCUT2D eigenvalue weighted by atomic mass is 10.2. The molecule has 0 saturated carbocycles. The third kappa shape index (κ3) is 1.63. The lowest BCUT2D eigenvalue weighted by Crippen LogP contribution is -2.15. The first-order valence-electron chi connectivity index (χ1n) is 4.16. The maximum atomic E-state index is 6.10. The van der Waals surface area contributed by atoms with Gasteiger partial charge in [0, 0.05) is 28.8 Å². The summed E-state index contributed by atoms with van der Waals surface area (Å²) in [6.07, 6.45) is 3.66. The molecular formula is C9H10BrN3S. The zero-order valence-corrected chi connectivity index (χ0v) is 10.0. The summed E-state index contributed by atoms with van der Waals surface area (Å²) in [5, 5.41) is 2.02. The van der Waals surface area contributed by atoms with Gasteiger partial charge in [-0.25, -0.2) is 4.98 Å². The van der Waals surface area contributed by atoms with Gasteiger partial charge in [0.2, 0.25) is 0 Å². The predicted molar refractivity (Wildman–Crippen MR) is 61.3 cm³/mol. The number of nitrogens with two attached hydrogens (primary N) is 1. The minimum atomic E-state index is -0.149. The lowest BCUT2D eigenvalue weighted by molar-refractivity contribution is 0.724. The third-order valence-corrected chi connectivity index (χ3v) is 4.02. The summed E-state index contributed by atoms with van der Waals surface area (Å²) in [6.45, 7) is 0. The Balaban J connectivity index is 2.38. The highest BCUT2D eigenvalue weighted by Gasteiger charge is 2.16. The van der Waals surface area contributed by atoms with Gasteiger partial charge < -0.3 is 10.3 Å². The molecular weight excluding hydrogens is 262 g/mol. The Bertz CT molecular complexity index is 394. The Hall–Kier alpha value is -0.650. The molecule has 2 N–H and O–H groups in total. The van der Waals surface area contributed by atoms with Crippen LogP contribution >= 0.6 is 27.3 Å². The average molecular weight is 272 g/mol. The Morgan fingerprint density at radius 2 is 2.43 bits per heavy atom. The second-order valence-electron chi connectivity index (χ2n) is 3.01. The summed E-state index contributed by atoms with van der Waals surface area (Å²) >= 11 is 5.11. The summed E-state index contributed by atoms with van der Waals surface area (Å²) < 4.78 is 3.00. The first kappa shape index (κ1) is 9.89. The van der Waals surface area contributed by atoms with Crippen LogP contribution in [0.15, 0.2) is 28.3 Å². The number of aromatic nitrogens is 2. The largest absolute Gasteiger partial charge is 0.336 e. The van der Waals surface area contributed by atoms with Crippen LogP contribution in [0.25, 0.3) is 0 Å². The SMILES string of the molecule is Cn1ccnc1C(N)c1sccc1Br. The van der Waals surface area contributed by atoms with Crippen molar-refractivity contribution >= 4 is 27.3 Å². The van der Waals surface area contributed by atoms with E-state index >= 15 is 0 Å². The van der Waals surface area contributed by atoms with Gasteiger partial charge in [-0.15, -0.1) is 11.3 Å². The number of halogens is 1. The van der Waals surface area contributed by atoms with Crippen molar-refractivity contribution in [2.24, 2.45) is 12.8 Å². The van der Waals surface area contributed by atoms with Gasteiger partial charge in [0.25, 0.3) is 0 Å². The van der Waals surface area contributed by atoms with E-state index < -0.39 is 0 Å². The van der Waals surface area contributed by atoms with Gasteiger partial charge in [-0.3, -0.25) is 0 Å². The fourth-order valence-electron chi connectivity index (χ4n) is 1.32. The molecule has 0 aliphatic rings. The predicted octanol–water partition coefficient (Wildman–Crippen LogP) is 2.29. The first-order valence-corrected chi connectivity index (χ1v) is 5.83. The van der Waals surface area contributed by atoms with Crippen molar-refractivity contribution in [3.8, 4) is 0 Å². The quantitative estimate of drug-likeness (QED) is 0.911. The summed E-state index contributed by atoms with van der Waals surface area (Å²) in [7, 11) is 1.95. The van der Waals surface area contributed by atoms with Gasteiger partial charge in [0.15, 0.2) is 0 Å². The molecule has 3 nitrogen and oxygen atoms in total. The molecule has 2 heterocycles. The Kier molecular flexibility index (Phi) is 2.71. The molecule has 0 amide bonds. The Morgan fingerprint density at radius 1 is 1.64 bits per heavy atom. The smallest absolute Gasteiger partial charge is 0.130 e.